The van der Waals surface area contributed by atoms with Crippen molar-refractivity contribution in [3.05, 3.63) is 119 Å². The van der Waals surface area contributed by atoms with E-state index >= 15 is 0 Å². The number of nitrogens with zero attached hydrogens (tertiary/aromatic N) is 1. The number of halogens is 1. The Balaban J connectivity index is 1.33. The molecule has 198 valence electrons. The molecule has 0 aliphatic carbocycles. The van der Waals surface area contributed by atoms with Crippen molar-refractivity contribution in [2.24, 2.45) is 5.10 Å². The lowest BCUT2D eigenvalue weighted by Crippen LogP contribution is -2.18. The van der Waals surface area contributed by atoms with E-state index in [0.29, 0.717) is 27.6 Å². The summed E-state index contributed by atoms with van der Waals surface area (Å²) >= 11 is 5.81. The summed E-state index contributed by atoms with van der Waals surface area (Å²) in [5.41, 5.74) is 3.91. The van der Waals surface area contributed by atoms with Crippen molar-refractivity contribution >= 4 is 45.4 Å². The number of carbonyl (C=O) groups excluding carboxylic acids is 2. The van der Waals surface area contributed by atoms with E-state index in [4.69, 9.17) is 21.1 Å². The SMILES string of the molecule is COc1ccc(C(=O)Oc2cccc(/C=N/NC(=O)c3ccc(NS(=O)(=O)c4ccc(Cl)cc4)cc3)c2)cc1. The van der Waals surface area contributed by atoms with Crippen molar-refractivity contribution in [1.82, 2.24) is 5.43 Å². The molecule has 11 heteroatoms. The third-order valence-corrected chi connectivity index (χ3v) is 6.95. The average molecular weight is 564 g/mol. The number of methoxy groups -OCH3 is 1. The van der Waals surface area contributed by atoms with Gasteiger partial charge in [0.05, 0.1) is 23.8 Å². The first kappa shape index (κ1) is 27.4. The second-order valence-corrected chi connectivity index (χ2v) is 10.1. The lowest BCUT2D eigenvalue weighted by atomic mass is 10.2. The van der Waals surface area contributed by atoms with Crippen LogP contribution in [0.3, 0.4) is 0 Å². The number of hydrogen-bond donors (Lipinski definition) is 2. The Kier molecular flexibility index (Phi) is 8.60. The predicted molar refractivity (Wildman–Crippen MR) is 148 cm³/mol. The minimum absolute atomic E-state index is 0.0580. The molecule has 4 rings (SSSR count). The van der Waals surface area contributed by atoms with Crippen LogP contribution in [0.25, 0.3) is 0 Å². The largest absolute Gasteiger partial charge is 0.497 e. The number of ether oxygens (including phenoxy) is 2. The second kappa shape index (κ2) is 12.2. The van der Waals surface area contributed by atoms with E-state index in [-0.39, 0.29) is 16.1 Å². The van der Waals surface area contributed by atoms with Gasteiger partial charge in [-0.2, -0.15) is 5.10 Å². The Bertz CT molecular complexity index is 1600. The summed E-state index contributed by atoms with van der Waals surface area (Å²) in [6.07, 6.45) is 1.40. The summed E-state index contributed by atoms with van der Waals surface area (Å²) in [4.78, 5) is 24.9. The summed E-state index contributed by atoms with van der Waals surface area (Å²) < 4.78 is 37.9. The smallest absolute Gasteiger partial charge is 0.343 e. The van der Waals surface area contributed by atoms with Crippen molar-refractivity contribution < 1.29 is 27.5 Å². The standard InChI is InChI=1S/C28H22ClN3O6S/c1-37-24-13-7-21(8-14-24)28(34)38-25-4-2-3-19(17-25)18-30-31-27(33)20-5-11-23(12-6-20)32-39(35,36)26-15-9-22(29)10-16-26/h2-18,32H,1H3,(H,31,33)/b30-18+. The molecule has 0 unspecified atom stereocenters. The molecule has 4 aromatic rings. The molecule has 0 aliphatic heterocycles. The molecule has 0 bridgehead atoms. The van der Waals surface area contributed by atoms with Crippen LogP contribution in [0.4, 0.5) is 5.69 Å². The molecule has 0 aromatic heterocycles. The van der Waals surface area contributed by atoms with Gasteiger partial charge in [0.25, 0.3) is 15.9 Å². The van der Waals surface area contributed by atoms with Crippen LogP contribution in [0.5, 0.6) is 11.5 Å². The lowest BCUT2D eigenvalue weighted by molar-refractivity contribution is 0.0734. The molecule has 0 fully saturated rings. The van der Waals surface area contributed by atoms with Crippen LogP contribution in [0.2, 0.25) is 5.02 Å². The van der Waals surface area contributed by atoms with Gasteiger partial charge in [-0.3, -0.25) is 9.52 Å². The molecule has 2 N–H and O–H groups in total. The highest BCUT2D eigenvalue weighted by Crippen LogP contribution is 2.19. The van der Waals surface area contributed by atoms with Crippen molar-refractivity contribution in [1.29, 1.82) is 0 Å². The lowest BCUT2D eigenvalue weighted by Gasteiger charge is -2.09. The first-order valence-corrected chi connectivity index (χ1v) is 13.3. The highest BCUT2D eigenvalue weighted by atomic mass is 35.5. The van der Waals surface area contributed by atoms with Crippen LogP contribution in [-0.2, 0) is 10.0 Å². The average Bonchev–Trinajstić information content (AvgIpc) is 2.93. The van der Waals surface area contributed by atoms with E-state index in [2.05, 4.69) is 15.2 Å². The van der Waals surface area contributed by atoms with Gasteiger partial charge in [0.15, 0.2) is 0 Å². The molecule has 0 spiro atoms. The van der Waals surface area contributed by atoms with Gasteiger partial charge in [0, 0.05) is 16.3 Å². The van der Waals surface area contributed by atoms with E-state index in [0.717, 1.165) is 0 Å². The fourth-order valence-corrected chi connectivity index (χ4v) is 4.48. The van der Waals surface area contributed by atoms with Gasteiger partial charge in [-0.1, -0.05) is 23.7 Å². The highest BCUT2D eigenvalue weighted by molar-refractivity contribution is 7.92. The number of hydrogen-bond acceptors (Lipinski definition) is 7. The van der Waals surface area contributed by atoms with Gasteiger partial charge < -0.3 is 9.47 Å². The minimum Gasteiger partial charge on any atom is -0.497 e. The number of hydrazone groups is 1. The van der Waals surface area contributed by atoms with Gasteiger partial charge in [0.1, 0.15) is 11.5 Å². The summed E-state index contributed by atoms with van der Waals surface area (Å²) in [6.45, 7) is 0. The van der Waals surface area contributed by atoms with E-state index in [1.165, 1.54) is 61.9 Å². The molecule has 0 saturated carbocycles. The monoisotopic (exact) mass is 563 g/mol. The Morgan fingerprint density at radius 2 is 1.51 bits per heavy atom. The third kappa shape index (κ3) is 7.44. The molecule has 9 nitrogen and oxygen atoms in total. The number of esters is 1. The van der Waals surface area contributed by atoms with Gasteiger partial charge in [-0.25, -0.2) is 18.6 Å². The molecule has 0 saturated heterocycles. The maximum absolute atomic E-state index is 12.5. The van der Waals surface area contributed by atoms with Gasteiger partial charge in [0.2, 0.25) is 0 Å². The molecule has 4 aromatic carbocycles. The predicted octanol–water partition coefficient (Wildman–Crippen LogP) is 5.13. The molecule has 0 heterocycles. The maximum Gasteiger partial charge on any atom is 0.343 e. The Labute approximate surface area is 230 Å². The van der Waals surface area contributed by atoms with Gasteiger partial charge in [-0.05, 0) is 90.5 Å². The van der Waals surface area contributed by atoms with Crippen molar-refractivity contribution in [3.8, 4) is 11.5 Å². The third-order valence-electron chi connectivity index (χ3n) is 5.30. The zero-order chi connectivity index (χ0) is 27.8. The van der Waals surface area contributed by atoms with E-state index in [1.54, 1.807) is 48.5 Å². The van der Waals surface area contributed by atoms with Gasteiger partial charge >= 0.3 is 5.97 Å². The maximum atomic E-state index is 12.5. The molecule has 39 heavy (non-hydrogen) atoms. The molecular weight excluding hydrogens is 542 g/mol. The fourth-order valence-electron chi connectivity index (χ4n) is 3.30. The number of benzene rings is 4. The first-order chi connectivity index (χ1) is 18.7. The highest BCUT2D eigenvalue weighted by Gasteiger charge is 2.14. The van der Waals surface area contributed by atoms with Crippen LogP contribution < -0.4 is 19.6 Å². The molecule has 1 amide bonds. The number of nitrogens with one attached hydrogen (secondary N) is 2. The molecule has 0 aliphatic rings. The van der Waals surface area contributed by atoms with E-state index in [1.807, 2.05) is 0 Å². The number of sulfonamides is 1. The molecule has 0 atom stereocenters. The first-order valence-electron chi connectivity index (χ1n) is 11.4. The zero-order valence-electron chi connectivity index (χ0n) is 20.5. The minimum atomic E-state index is -3.81. The van der Waals surface area contributed by atoms with Crippen LogP contribution >= 0.6 is 11.6 Å². The summed E-state index contributed by atoms with van der Waals surface area (Å²) in [7, 11) is -2.27. The fraction of sp³-hybridized carbons (Fsp3) is 0.0357. The zero-order valence-corrected chi connectivity index (χ0v) is 22.1. The Hall–Kier alpha value is -4.67. The Morgan fingerprint density at radius 3 is 2.18 bits per heavy atom. The molecule has 0 radical (unpaired) electrons. The number of carbonyl (C=O) groups is 2. The quantitative estimate of drug-likeness (QED) is 0.126. The van der Waals surface area contributed by atoms with Gasteiger partial charge in [-0.15, -0.1) is 0 Å². The normalized spacial score (nSPS) is 11.1. The summed E-state index contributed by atoms with van der Waals surface area (Å²) in [5.74, 6) is -0.0938. The van der Waals surface area contributed by atoms with Crippen LogP contribution in [-0.4, -0.2) is 33.6 Å². The number of rotatable bonds is 9. The second-order valence-electron chi connectivity index (χ2n) is 8.03. The summed E-state index contributed by atoms with van der Waals surface area (Å²) in [5, 5.41) is 4.37. The van der Waals surface area contributed by atoms with Crippen LogP contribution in [0, 0.1) is 0 Å². The van der Waals surface area contributed by atoms with Crippen molar-refractivity contribution in [3.63, 3.8) is 0 Å². The van der Waals surface area contributed by atoms with E-state index in [9.17, 15) is 18.0 Å². The van der Waals surface area contributed by atoms with Crippen molar-refractivity contribution in [2.75, 3.05) is 11.8 Å². The number of anilines is 1. The van der Waals surface area contributed by atoms with Crippen LogP contribution in [0.1, 0.15) is 26.3 Å². The summed E-state index contributed by atoms with van der Waals surface area (Å²) in [6, 6.07) is 24.8. The van der Waals surface area contributed by atoms with E-state index < -0.39 is 21.9 Å². The molecular formula is C28H22ClN3O6S. The number of amides is 1. The topological polar surface area (TPSA) is 123 Å². The Morgan fingerprint density at radius 1 is 0.846 bits per heavy atom. The van der Waals surface area contributed by atoms with Crippen LogP contribution in [0.15, 0.2) is 107 Å². The van der Waals surface area contributed by atoms with Crippen molar-refractivity contribution in [2.45, 2.75) is 4.90 Å².